The predicted octanol–water partition coefficient (Wildman–Crippen LogP) is 6.49. The first-order chi connectivity index (χ1) is 20.8. The zero-order valence-corrected chi connectivity index (χ0v) is 24.4. The molecule has 0 bridgehead atoms. The molecule has 0 unspecified atom stereocenters. The number of halogens is 2. The van der Waals surface area contributed by atoms with E-state index in [1.165, 1.54) is 17.4 Å². The molecule has 0 saturated carbocycles. The number of para-hydroxylation sites is 1. The number of pyridine rings is 1. The summed E-state index contributed by atoms with van der Waals surface area (Å²) in [5.74, 6) is -1.17. The third kappa shape index (κ3) is 5.13. The fourth-order valence-corrected chi connectivity index (χ4v) is 6.09. The second-order valence-corrected chi connectivity index (χ2v) is 11.6. The van der Waals surface area contributed by atoms with Gasteiger partial charge in [-0.1, -0.05) is 29.8 Å². The fourth-order valence-electron chi connectivity index (χ4n) is 5.43. The number of hydrogen-bond acceptors (Lipinski definition) is 8. The zero-order chi connectivity index (χ0) is 29.7. The van der Waals surface area contributed by atoms with Crippen LogP contribution in [0.2, 0.25) is 5.02 Å². The number of rotatable bonds is 7. The molecular formula is C31H24ClFN4O5S. The monoisotopic (exact) mass is 618 g/mol. The van der Waals surface area contributed by atoms with Crippen LogP contribution in [-0.4, -0.2) is 43.3 Å². The average molecular weight is 619 g/mol. The largest absolute Gasteiger partial charge is 0.478 e. The molecule has 2 atom stereocenters. The van der Waals surface area contributed by atoms with Gasteiger partial charge in [0.15, 0.2) is 17.3 Å². The van der Waals surface area contributed by atoms with Crippen molar-refractivity contribution in [3.05, 3.63) is 105 Å². The lowest BCUT2D eigenvalue weighted by atomic mass is 9.99. The minimum Gasteiger partial charge on any atom is -0.478 e. The Labute approximate surface area is 254 Å². The quantitative estimate of drug-likeness (QED) is 0.221. The van der Waals surface area contributed by atoms with Crippen molar-refractivity contribution in [3.8, 4) is 11.5 Å². The number of aromatic nitrogens is 4. The highest BCUT2D eigenvalue weighted by Crippen LogP contribution is 2.48. The van der Waals surface area contributed by atoms with E-state index in [0.29, 0.717) is 59.5 Å². The molecule has 0 aliphatic carbocycles. The van der Waals surface area contributed by atoms with Crippen LogP contribution in [0.3, 0.4) is 0 Å². The number of ether oxygens (including phenoxy) is 3. The lowest BCUT2D eigenvalue weighted by molar-refractivity contribution is -0.0719. The van der Waals surface area contributed by atoms with Crippen LogP contribution >= 0.6 is 22.9 Å². The molecule has 0 fully saturated rings. The van der Waals surface area contributed by atoms with Gasteiger partial charge in [0.05, 0.1) is 46.6 Å². The van der Waals surface area contributed by atoms with E-state index in [-0.39, 0.29) is 17.2 Å². The number of nitrogens with zero attached hydrogens (tertiary/aromatic N) is 4. The lowest BCUT2D eigenvalue weighted by Gasteiger charge is -2.24. The van der Waals surface area contributed by atoms with Gasteiger partial charge in [0, 0.05) is 30.5 Å². The molecule has 0 saturated heterocycles. The maximum atomic E-state index is 15.0. The fraction of sp³-hybridized carbons (Fsp3) is 0.226. The first kappa shape index (κ1) is 27.5. The maximum absolute atomic E-state index is 15.0. The first-order valence-electron chi connectivity index (χ1n) is 13.5. The van der Waals surface area contributed by atoms with Crippen LogP contribution in [0, 0.1) is 5.82 Å². The van der Waals surface area contributed by atoms with E-state index in [1.807, 2.05) is 35.1 Å². The summed E-state index contributed by atoms with van der Waals surface area (Å²) < 4.78 is 35.6. The Balaban J connectivity index is 1.15. The van der Waals surface area contributed by atoms with E-state index in [0.717, 1.165) is 22.9 Å². The zero-order valence-electron chi connectivity index (χ0n) is 22.8. The minimum absolute atomic E-state index is 0.123. The molecule has 5 heterocycles. The number of fused-ring (bicyclic) bond motifs is 2. The Morgan fingerprint density at radius 2 is 2.12 bits per heavy atom. The minimum atomic E-state index is -1.21. The van der Waals surface area contributed by atoms with E-state index in [1.54, 1.807) is 23.8 Å². The van der Waals surface area contributed by atoms with Gasteiger partial charge in [0.25, 0.3) is 5.79 Å². The van der Waals surface area contributed by atoms with Crippen molar-refractivity contribution in [2.24, 2.45) is 0 Å². The van der Waals surface area contributed by atoms with Crippen LogP contribution in [0.15, 0.2) is 65.6 Å². The van der Waals surface area contributed by atoms with Gasteiger partial charge in [-0.15, -0.1) is 11.3 Å². The second kappa shape index (κ2) is 10.7. The van der Waals surface area contributed by atoms with Crippen LogP contribution in [0.4, 0.5) is 4.39 Å². The molecule has 7 rings (SSSR count). The number of thiazole rings is 1. The summed E-state index contributed by atoms with van der Waals surface area (Å²) in [6.45, 7) is 2.47. The van der Waals surface area contributed by atoms with Gasteiger partial charge in [0.2, 0.25) is 0 Å². The SMILES string of the molecule is C[C@]1(c2ccc(Cl)cn2)Oc2cccc(C3=CC[C@H](Cc4nc5c(F)cc(C(=O)O)cc5n4Cc4cscn4)OC3)c2O1. The normalized spacial score (nSPS) is 19.5. The lowest BCUT2D eigenvalue weighted by Crippen LogP contribution is -2.32. The number of benzene rings is 2. The molecule has 43 heavy (non-hydrogen) atoms. The number of hydrogen-bond donors (Lipinski definition) is 1. The third-order valence-electron chi connectivity index (χ3n) is 7.57. The number of carboxylic acid groups (broad SMARTS) is 1. The Morgan fingerprint density at radius 3 is 2.84 bits per heavy atom. The molecule has 0 spiro atoms. The van der Waals surface area contributed by atoms with Gasteiger partial charge in [-0.25, -0.2) is 19.2 Å². The highest BCUT2D eigenvalue weighted by Gasteiger charge is 2.41. The van der Waals surface area contributed by atoms with Crippen molar-refractivity contribution < 1.29 is 28.5 Å². The van der Waals surface area contributed by atoms with Crippen LogP contribution in [0.1, 0.15) is 46.5 Å². The van der Waals surface area contributed by atoms with Crippen molar-refractivity contribution in [2.75, 3.05) is 6.61 Å². The molecule has 0 amide bonds. The molecule has 3 aromatic heterocycles. The van der Waals surface area contributed by atoms with E-state index in [9.17, 15) is 14.3 Å². The molecule has 12 heteroatoms. The van der Waals surface area contributed by atoms with Crippen LogP contribution < -0.4 is 9.47 Å². The van der Waals surface area contributed by atoms with Gasteiger partial charge < -0.3 is 23.9 Å². The highest BCUT2D eigenvalue weighted by molar-refractivity contribution is 7.07. The predicted molar refractivity (Wildman–Crippen MR) is 158 cm³/mol. The standard InChI is InChI=1S/C31H24ClFN4O5S/c1-31(26-8-6-19(32)12-34-26)41-25-4-2-3-22(29(25)42-31)17-5-7-21(40-14-17)11-27-36-28-23(33)9-18(30(38)39)10-24(28)37(27)13-20-15-43-16-35-20/h2-6,8-10,12,15-16,21H,7,11,13-14H2,1H3,(H,38,39)/t21-,31+/m1/s1. The number of carboxylic acids is 1. The molecule has 218 valence electrons. The van der Waals surface area contributed by atoms with Gasteiger partial charge in [0.1, 0.15) is 17.0 Å². The molecular weight excluding hydrogens is 595 g/mol. The van der Waals surface area contributed by atoms with Gasteiger partial charge in [-0.2, -0.15) is 0 Å². The number of imidazole rings is 1. The Kier molecular flexibility index (Phi) is 6.88. The molecule has 1 N–H and O–H groups in total. The van der Waals surface area contributed by atoms with E-state index >= 15 is 0 Å². The van der Waals surface area contributed by atoms with Gasteiger partial charge in [-0.05, 0) is 42.3 Å². The average Bonchev–Trinajstić information content (AvgIpc) is 3.72. The highest BCUT2D eigenvalue weighted by atomic mass is 35.5. The summed E-state index contributed by atoms with van der Waals surface area (Å²) in [5, 5.41) is 11.9. The van der Waals surface area contributed by atoms with Gasteiger partial charge in [-0.3, -0.25) is 4.98 Å². The van der Waals surface area contributed by atoms with Crippen molar-refractivity contribution in [1.82, 2.24) is 19.5 Å². The molecule has 2 aromatic carbocycles. The van der Waals surface area contributed by atoms with Crippen LogP contribution in [0.5, 0.6) is 11.5 Å². The molecule has 2 aliphatic heterocycles. The summed E-state index contributed by atoms with van der Waals surface area (Å²) >= 11 is 7.47. The molecule has 0 radical (unpaired) electrons. The summed E-state index contributed by atoms with van der Waals surface area (Å²) in [5.41, 5.74) is 5.31. The maximum Gasteiger partial charge on any atom is 0.335 e. The summed E-state index contributed by atoms with van der Waals surface area (Å²) in [6.07, 6.45) is 4.42. The Morgan fingerprint density at radius 1 is 1.23 bits per heavy atom. The third-order valence-corrected chi connectivity index (χ3v) is 8.43. The second-order valence-electron chi connectivity index (χ2n) is 10.5. The smallest absolute Gasteiger partial charge is 0.335 e. The van der Waals surface area contributed by atoms with Crippen molar-refractivity contribution in [1.29, 1.82) is 0 Å². The number of aromatic carboxylic acids is 1. The topological polar surface area (TPSA) is 109 Å². The summed E-state index contributed by atoms with van der Waals surface area (Å²) in [4.78, 5) is 25.0. The van der Waals surface area contributed by atoms with Crippen LogP contribution in [-0.2, 0) is 23.5 Å². The van der Waals surface area contributed by atoms with Crippen LogP contribution in [0.25, 0.3) is 16.6 Å². The Hall–Kier alpha value is -4.32. The van der Waals surface area contributed by atoms with Gasteiger partial charge >= 0.3 is 5.97 Å². The van der Waals surface area contributed by atoms with Crippen molar-refractivity contribution in [2.45, 2.75) is 38.2 Å². The summed E-state index contributed by atoms with van der Waals surface area (Å²) in [7, 11) is 0. The van der Waals surface area contributed by atoms with Crippen molar-refractivity contribution in [3.63, 3.8) is 0 Å². The molecule has 9 nitrogen and oxygen atoms in total. The van der Waals surface area contributed by atoms with E-state index in [4.69, 9.17) is 25.8 Å². The molecule has 2 aliphatic rings. The van der Waals surface area contributed by atoms with E-state index < -0.39 is 17.6 Å². The number of carbonyl (C=O) groups is 1. The van der Waals surface area contributed by atoms with E-state index in [2.05, 4.69) is 21.0 Å². The van der Waals surface area contributed by atoms with Crippen molar-refractivity contribution >= 4 is 45.5 Å². The molecule has 5 aromatic rings. The Bertz CT molecular complexity index is 1890. The summed E-state index contributed by atoms with van der Waals surface area (Å²) in [6, 6.07) is 11.7. The first-order valence-corrected chi connectivity index (χ1v) is 14.8.